The molecule has 0 fully saturated rings. The number of phenolic OH excluding ortho intramolecular Hbond substituents is 1. The van der Waals surface area contributed by atoms with Gasteiger partial charge < -0.3 is 10.2 Å². The van der Waals surface area contributed by atoms with Crippen LogP contribution in [0, 0.1) is 0 Å². The van der Waals surface area contributed by atoms with Crippen molar-refractivity contribution in [3.05, 3.63) is 71.2 Å². The van der Waals surface area contributed by atoms with Crippen molar-refractivity contribution in [2.45, 2.75) is 19.3 Å². The zero-order chi connectivity index (χ0) is 21.5. The highest BCUT2D eigenvalue weighted by Gasteiger charge is 2.34. The summed E-state index contributed by atoms with van der Waals surface area (Å²) >= 11 is 0. The lowest BCUT2D eigenvalue weighted by Gasteiger charge is -2.16. The lowest BCUT2D eigenvalue weighted by atomic mass is 10.1. The van der Waals surface area contributed by atoms with Gasteiger partial charge >= 0.3 is 10.2 Å². The van der Waals surface area contributed by atoms with Gasteiger partial charge in [-0.1, -0.05) is 18.2 Å². The number of carbonyl (C=O) groups is 2. The van der Waals surface area contributed by atoms with Crippen molar-refractivity contribution in [1.29, 1.82) is 0 Å². The van der Waals surface area contributed by atoms with Crippen LogP contribution in [-0.2, 0) is 16.6 Å². The molecule has 2 aromatic carbocycles. The first-order valence-electron chi connectivity index (χ1n) is 9.28. The van der Waals surface area contributed by atoms with Crippen LogP contribution >= 0.6 is 0 Å². The van der Waals surface area contributed by atoms with Gasteiger partial charge in [-0.05, 0) is 49.1 Å². The molecule has 4 rings (SSSR count). The second-order valence-electron chi connectivity index (χ2n) is 7.00. The van der Waals surface area contributed by atoms with Crippen LogP contribution in [0.25, 0.3) is 0 Å². The zero-order valence-electron chi connectivity index (χ0n) is 15.8. The molecule has 0 aromatic heterocycles. The maximum Gasteiger partial charge on any atom is 0.330 e. The summed E-state index contributed by atoms with van der Waals surface area (Å²) in [5.41, 5.74) is 1.64. The van der Waals surface area contributed by atoms with Crippen molar-refractivity contribution < 1.29 is 28.2 Å². The second kappa shape index (κ2) is 7.38. The fourth-order valence-electron chi connectivity index (χ4n) is 3.54. The molecule has 2 aliphatic rings. The number of carbonyl (C=O) groups excluding carboxylic acids is 2. The Labute approximate surface area is 173 Å². The first-order chi connectivity index (χ1) is 14.3. The highest BCUT2D eigenvalue weighted by atomic mass is 32.2. The number of hydrogen-bond donors (Lipinski definition) is 3. The Morgan fingerprint density at radius 1 is 0.933 bits per heavy atom. The van der Waals surface area contributed by atoms with Crippen molar-refractivity contribution in [2.75, 3.05) is 10.8 Å². The van der Waals surface area contributed by atoms with Gasteiger partial charge in [0.25, 0.3) is 11.8 Å². The molecule has 0 bridgehead atoms. The summed E-state index contributed by atoms with van der Waals surface area (Å²) in [6.07, 6.45) is 2.79. The Morgan fingerprint density at radius 2 is 1.60 bits per heavy atom. The third-order valence-corrected chi connectivity index (χ3v) is 6.27. The molecule has 0 radical (unpaired) electrons. The minimum Gasteiger partial charge on any atom is -0.506 e. The maximum absolute atomic E-state index is 12.3. The van der Waals surface area contributed by atoms with Gasteiger partial charge in [0.05, 0.1) is 17.3 Å². The van der Waals surface area contributed by atoms with Crippen LogP contribution in [0.1, 0.15) is 39.1 Å². The molecular formula is C20H19N3O6S. The Hall–Kier alpha value is -3.53. The molecule has 10 heteroatoms. The molecule has 0 saturated heterocycles. The standard InChI is InChI=1S/C20H19N3O6S/c24-17-11-13(8-9-16(17)23-12-18(25)21-30(23,28)29)5-3-4-10-22-19(26)14-6-1-2-7-15(14)20(22)27/h1-2,6-9,11-12,21,24-25H,3-5,10H2. The van der Waals surface area contributed by atoms with Gasteiger partial charge in [-0.15, -0.1) is 0 Å². The molecule has 0 saturated carbocycles. The topological polar surface area (TPSA) is 127 Å². The SMILES string of the molecule is O=C1c2ccccc2C(=O)N1CCCCc1ccc(N2C=C(O)NS2(=O)=O)c(O)c1. The summed E-state index contributed by atoms with van der Waals surface area (Å²) in [6, 6.07) is 11.3. The molecule has 156 valence electrons. The fourth-order valence-corrected chi connectivity index (χ4v) is 4.61. The van der Waals surface area contributed by atoms with Gasteiger partial charge in [-0.3, -0.25) is 14.5 Å². The molecule has 2 aliphatic heterocycles. The Bertz CT molecular complexity index is 1140. The summed E-state index contributed by atoms with van der Waals surface area (Å²) in [4.78, 5) is 25.9. The van der Waals surface area contributed by atoms with Crippen molar-refractivity contribution in [3.8, 4) is 5.75 Å². The average Bonchev–Trinajstić information content (AvgIpc) is 3.11. The summed E-state index contributed by atoms with van der Waals surface area (Å²) in [5.74, 6) is -1.35. The number of hydrogen-bond acceptors (Lipinski definition) is 6. The molecule has 9 nitrogen and oxygen atoms in total. The first-order valence-corrected chi connectivity index (χ1v) is 10.7. The van der Waals surface area contributed by atoms with E-state index in [1.165, 1.54) is 17.0 Å². The Morgan fingerprint density at radius 3 is 2.17 bits per heavy atom. The van der Waals surface area contributed by atoms with E-state index in [-0.39, 0.29) is 23.3 Å². The normalized spacial score (nSPS) is 17.1. The van der Waals surface area contributed by atoms with Crippen molar-refractivity contribution in [2.24, 2.45) is 0 Å². The number of aliphatic hydroxyl groups is 1. The van der Waals surface area contributed by atoms with E-state index in [2.05, 4.69) is 0 Å². The minimum absolute atomic E-state index is 0.0151. The van der Waals surface area contributed by atoms with Gasteiger partial charge in [-0.25, -0.2) is 9.03 Å². The number of aromatic hydroxyl groups is 1. The number of aliphatic hydroxyl groups excluding tert-OH is 1. The second-order valence-corrected chi connectivity index (χ2v) is 8.55. The number of nitrogens with zero attached hydrogens (tertiary/aromatic N) is 2. The van der Waals surface area contributed by atoms with E-state index < -0.39 is 16.1 Å². The lowest BCUT2D eigenvalue weighted by Crippen LogP contribution is -2.30. The molecular weight excluding hydrogens is 410 g/mol. The van der Waals surface area contributed by atoms with Gasteiger partial charge in [0.15, 0.2) is 0 Å². The summed E-state index contributed by atoms with van der Waals surface area (Å²) in [7, 11) is -3.98. The predicted molar refractivity (Wildman–Crippen MR) is 108 cm³/mol. The molecule has 2 heterocycles. The Balaban J connectivity index is 1.35. The van der Waals surface area contributed by atoms with E-state index >= 15 is 0 Å². The van der Waals surface area contributed by atoms with Gasteiger partial charge in [0.1, 0.15) is 11.4 Å². The highest BCUT2D eigenvalue weighted by Crippen LogP contribution is 2.33. The van der Waals surface area contributed by atoms with E-state index in [0.29, 0.717) is 36.9 Å². The predicted octanol–water partition coefficient (Wildman–Crippen LogP) is 2.02. The largest absolute Gasteiger partial charge is 0.506 e. The highest BCUT2D eigenvalue weighted by molar-refractivity contribution is 7.91. The number of imide groups is 1. The summed E-state index contributed by atoms with van der Waals surface area (Å²) < 4.78 is 26.5. The van der Waals surface area contributed by atoms with E-state index in [4.69, 9.17) is 0 Å². The van der Waals surface area contributed by atoms with Gasteiger partial charge in [-0.2, -0.15) is 8.42 Å². The molecule has 0 aliphatic carbocycles. The number of aryl methyl sites for hydroxylation is 1. The number of phenols is 1. The van der Waals surface area contributed by atoms with Gasteiger partial charge in [0, 0.05) is 6.54 Å². The minimum atomic E-state index is -3.98. The number of unbranched alkanes of at least 4 members (excludes halogenated alkanes) is 1. The van der Waals surface area contributed by atoms with Crippen molar-refractivity contribution in [1.82, 2.24) is 9.62 Å². The Kier molecular flexibility index (Phi) is 4.86. The van der Waals surface area contributed by atoms with Crippen LogP contribution in [-0.4, -0.2) is 41.9 Å². The van der Waals surface area contributed by atoms with E-state index in [1.807, 2.05) is 4.72 Å². The summed E-state index contributed by atoms with van der Waals surface area (Å²) in [5, 5.41) is 19.6. The average molecular weight is 429 g/mol. The quantitative estimate of drug-likeness (QED) is 0.476. The zero-order valence-corrected chi connectivity index (χ0v) is 16.6. The van der Waals surface area contributed by atoms with Crippen LogP contribution in [0.15, 0.2) is 54.5 Å². The lowest BCUT2D eigenvalue weighted by molar-refractivity contribution is 0.0651. The van der Waals surface area contributed by atoms with Crippen molar-refractivity contribution >= 4 is 27.7 Å². The third-order valence-electron chi connectivity index (χ3n) is 4.98. The molecule has 0 unspecified atom stereocenters. The molecule has 0 atom stereocenters. The number of amides is 2. The smallest absolute Gasteiger partial charge is 0.330 e. The number of fused-ring (bicyclic) bond motifs is 1. The van der Waals surface area contributed by atoms with Crippen LogP contribution in [0.4, 0.5) is 5.69 Å². The van der Waals surface area contributed by atoms with E-state index in [0.717, 1.165) is 16.1 Å². The monoisotopic (exact) mass is 429 g/mol. The van der Waals surface area contributed by atoms with E-state index in [1.54, 1.807) is 30.3 Å². The molecule has 3 N–H and O–H groups in total. The molecule has 0 spiro atoms. The fraction of sp³-hybridized carbons (Fsp3) is 0.200. The molecule has 2 aromatic rings. The van der Waals surface area contributed by atoms with Crippen molar-refractivity contribution in [3.63, 3.8) is 0 Å². The molecule has 2 amide bonds. The van der Waals surface area contributed by atoms with Gasteiger partial charge in [0.2, 0.25) is 5.88 Å². The van der Waals surface area contributed by atoms with Crippen LogP contribution in [0.2, 0.25) is 0 Å². The van der Waals surface area contributed by atoms with E-state index in [9.17, 15) is 28.2 Å². The number of rotatable bonds is 6. The number of benzene rings is 2. The third kappa shape index (κ3) is 3.45. The first kappa shape index (κ1) is 19.8. The molecule has 30 heavy (non-hydrogen) atoms. The summed E-state index contributed by atoms with van der Waals surface area (Å²) in [6.45, 7) is 0.304. The van der Waals surface area contributed by atoms with Crippen LogP contribution < -0.4 is 9.03 Å². The number of anilines is 1. The number of nitrogens with one attached hydrogen (secondary N) is 1. The van der Waals surface area contributed by atoms with Crippen LogP contribution in [0.5, 0.6) is 5.75 Å². The van der Waals surface area contributed by atoms with Crippen LogP contribution in [0.3, 0.4) is 0 Å². The maximum atomic E-state index is 12.3.